The minimum absolute atomic E-state index is 0.130. The lowest BCUT2D eigenvalue weighted by molar-refractivity contribution is -0.115. The topological polar surface area (TPSA) is 41.5 Å². The molecule has 0 aromatic heterocycles. The molecule has 0 aliphatic carbocycles. The molecule has 3 rings (SSSR count). The Morgan fingerprint density at radius 1 is 1.17 bits per heavy atom. The summed E-state index contributed by atoms with van der Waals surface area (Å²) < 4.78 is 0. The van der Waals surface area contributed by atoms with Crippen molar-refractivity contribution >= 4 is 46.2 Å². The second kappa shape index (κ2) is 6.60. The van der Waals surface area contributed by atoms with Crippen LogP contribution in [0.1, 0.15) is 16.7 Å². The van der Waals surface area contributed by atoms with Gasteiger partial charge in [0, 0.05) is 5.02 Å². The summed E-state index contributed by atoms with van der Waals surface area (Å²) in [5.41, 5.74) is 3.82. The Labute approximate surface area is 144 Å². The van der Waals surface area contributed by atoms with Crippen LogP contribution in [0.2, 0.25) is 5.02 Å². The number of nitrogens with zero attached hydrogens (tertiary/aromatic N) is 1. The summed E-state index contributed by atoms with van der Waals surface area (Å²) in [4.78, 5) is 17.2. The van der Waals surface area contributed by atoms with Gasteiger partial charge in [0.2, 0.25) is 0 Å². The van der Waals surface area contributed by atoms with Crippen LogP contribution in [0.25, 0.3) is 6.08 Å². The first kappa shape index (κ1) is 15.8. The highest BCUT2D eigenvalue weighted by Crippen LogP contribution is 2.31. The third-order valence-corrected chi connectivity index (χ3v) is 4.77. The number of thioether (sulfide) groups is 1. The number of amides is 1. The number of carbonyl (C=O) groups excluding carboxylic acids is 1. The van der Waals surface area contributed by atoms with Gasteiger partial charge in [-0.05, 0) is 54.9 Å². The van der Waals surface area contributed by atoms with Gasteiger partial charge >= 0.3 is 0 Å². The minimum atomic E-state index is -0.130. The summed E-state index contributed by atoms with van der Waals surface area (Å²) in [5, 5.41) is 4.03. The van der Waals surface area contributed by atoms with E-state index in [9.17, 15) is 4.79 Å². The number of hydrogen-bond donors (Lipinski definition) is 1. The van der Waals surface area contributed by atoms with Crippen LogP contribution in [0.5, 0.6) is 0 Å². The lowest BCUT2D eigenvalue weighted by atomic mass is 10.1. The summed E-state index contributed by atoms with van der Waals surface area (Å²) in [7, 11) is 0. The Kier molecular flexibility index (Phi) is 4.55. The zero-order valence-corrected chi connectivity index (χ0v) is 14.3. The van der Waals surface area contributed by atoms with Crippen LogP contribution < -0.4 is 5.32 Å². The molecule has 1 aliphatic rings. The van der Waals surface area contributed by atoms with Crippen LogP contribution in [0.15, 0.2) is 52.4 Å². The number of halogens is 1. The maximum atomic E-state index is 12.1. The Morgan fingerprint density at radius 2 is 1.96 bits per heavy atom. The zero-order chi connectivity index (χ0) is 16.4. The molecule has 1 heterocycles. The Morgan fingerprint density at radius 3 is 2.74 bits per heavy atom. The van der Waals surface area contributed by atoms with E-state index < -0.39 is 0 Å². The van der Waals surface area contributed by atoms with Gasteiger partial charge in [0.05, 0.1) is 10.6 Å². The number of rotatable bonds is 2. The quantitative estimate of drug-likeness (QED) is 0.793. The first-order chi connectivity index (χ1) is 11.0. The van der Waals surface area contributed by atoms with Gasteiger partial charge in [-0.2, -0.15) is 0 Å². The highest BCUT2D eigenvalue weighted by Gasteiger charge is 2.24. The molecule has 3 nitrogen and oxygen atoms in total. The van der Waals surface area contributed by atoms with Gasteiger partial charge in [0.15, 0.2) is 5.17 Å². The first-order valence-corrected chi connectivity index (χ1v) is 8.34. The molecule has 23 heavy (non-hydrogen) atoms. The predicted octanol–water partition coefficient (Wildman–Crippen LogP) is 4.85. The number of carbonyl (C=O) groups is 1. The number of aryl methyl sites for hydroxylation is 1. The van der Waals surface area contributed by atoms with E-state index in [0.717, 1.165) is 22.4 Å². The molecule has 0 saturated carbocycles. The first-order valence-electron chi connectivity index (χ1n) is 7.14. The molecule has 2 aromatic carbocycles. The molecule has 1 N–H and O–H groups in total. The van der Waals surface area contributed by atoms with Gasteiger partial charge in [-0.1, -0.05) is 47.5 Å². The molecule has 1 saturated heterocycles. The van der Waals surface area contributed by atoms with Gasteiger partial charge in [-0.15, -0.1) is 0 Å². The van der Waals surface area contributed by atoms with Crippen LogP contribution in [-0.2, 0) is 4.79 Å². The second-order valence-electron chi connectivity index (χ2n) is 5.28. The van der Waals surface area contributed by atoms with E-state index in [1.165, 1.54) is 11.8 Å². The molecular weight excluding hydrogens is 328 g/mol. The van der Waals surface area contributed by atoms with E-state index in [2.05, 4.69) is 10.3 Å². The fraction of sp³-hybridized carbons (Fsp3) is 0.111. The smallest absolute Gasteiger partial charge is 0.264 e. The number of aliphatic imine (C=N–C) groups is 1. The minimum Gasteiger partial charge on any atom is -0.300 e. The normalized spacial score (nSPS) is 17.8. The lowest BCUT2D eigenvalue weighted by Crippen LogP contribution is -2.19. The SMILES string of the molecule is Cc1cccc(/C=C2/SC(=Nc3cccc(Cl)c3C)NC2=O)c1. The van der Waals surface area contributed by atoms with Crippen molar-refractivity contribution in [1.29, 1.82) is 0 Å². The number of benzene rings is 2. The third-order valence-electron chi connectivity index (χ3n) is 3.45. The predicted molar refractivity (Wildman–Crippen MR) is 98.2 cm³/mol. The summed E-state index contributed by atoms with van der Waals surface area (Å²) in [6.45, 7) is 3.94. The Balaban J connectivity index is 1.88. The van der Waals surface area contributed by atoms with Crippen molar-refractivity contribution in [2.45, 2.75) is 13.8 Å². The van der Waals surface area contributed by atoms with E-state index in [0.29, 0.717) is 15.1 Å². The molecular formula is C18H15ClN2OS. The zero-order valence-electron chi connectivity index (χ0n) is 12.8. The van der Waals surface area contributed by atoms with Gasteiger partial charge in [0.25, 0.3) is 5.91 Å². The molecule has 1 aliphatic heterocycles. The molecule has 0 bridgehead atoms. The molecule has 0 unspecified atom stereocenters. The Hall–Kier alpha value is -2.04. The van der Waals surface area contributed by atoms with Gasteiger partial charge in [-0.3, -0.25) is 4.79 Å². The largest absolute Gasteiger partial charge is 0.300 e. The van der Waals surface area contributed by atoms with Crippen LogP contribution in [0, 0.1) is 13.8 Å². The van der Waals surface area contributed by atoms with Crippen molar-refractivity contribution in [1.82, 2.24) is 5.32 Å². The fourth-order valence-electron chi connectivity index (χ4n) is 2.22. The highest BCUT2D eigenvalue weighted by molar-refractivity contribution is 8.18. The maximum absolute atomic E-state index is 12.1. The molecule has 1 amide bonds. The lowest BCUT2D eigenvalue weighted by Gasteiger charge is -2.02. The van der Waals surface area contributed by atoms with E-state index in [4.69, 9.17) is 11.6 Å². The molecule has 2 aromatic rings. The van der Waals surface area contributed by atoms with Gasteiger partial charge in [-0.25, -0.2) is 4.99 Å². The van der Waals surface area contributed by atoms with Crippen LogP contribution in [0.4, 0.5) is 5.69 Å². The number of hydrogen-bond acceptors (Lipinski definition) is 3. The van der Waals surface area contributed by atoms with Gasteiger partial charge < -0.3 is 5.32 Å². The summed E-state index contributed by atoms with van der Waals surface area (Å²) in [6.07, 6.45) is 1.88. The summed E-state index contributed by atoms with van der Waals surface area (Å²) in [5.74, 6) is -0.130. The maximum Gasteiger partial charge on any atom is 0.264 e. The molecule has 0 radical (unpaired) electrons. The van der Waals surface area contributed by atoms with Crippen molar-refractivity contribution in [3.05, 3.63) is 69.1 Å². The van der Waals surface area contributed by atoms with E-state index >= 15 is 0 Å². The molecule has 0 spiro atoms. The van der Waals surface area contributed by atoms with Crippen molar-refractivity contribution < 1.29 is 4.79 Å². The van der Waals surface area contributed by atoms with Gasteiger partial charge in [0.1, 0.15) is 0 Å². The summed E-state index contributed by atoms with van der Waals surface area (Å²) in [6, 6.07) is 13.6. The average Bonchev–Trinajstić information content (AvgIpc) is 2.84. The van der Waals surface area contributed by atoms with Crippen LogP contribution in [-0.4, -0.2) is 11.1 Å². The standard InChI is InChI=1S/C18H15ClN2OS/c1-11-5-3-6-13(9-11)10-16-17(22)21-18(23-16)20-15-8-4-7-14(19)12(15)2/h3-10H,1-2H3,(H,20,21,22)/b16-10+. The second-order valence-corrected chi connectivity index (χ2v) is 6.72. The molecule has 5 heteroatoms. The number of amidine groups is 1. The number of nitrogens with one attached hydrogen (secondary N) is 1. The highest BCUT2D eigenvalue weighted by atomic mass is 35.5. The van der Waals surface area contributed by atoms with Crippen LogP contribution in [0.3, 0.4) is 0 Å². The van der Waals surface area contributed by atoms with Crippen molar-refractivity contribution in [2.75, 3.05) is 0 Å². The van der Waals surface area contributed by atoms with E-state index in [1.54, 1.807) is 0 Å². The van der Waals surface area contributed by atoms with Crippen molar-refractivity contribution in [3.63, 3.8) is 0 Å². The summed E-state index contributed by atoms with van der Waals surface area (Å²) >= 11 is 7.44. The van der Waals surface area contributed by atoms with E-state index in [1.807, 2.05) is 62.4 Å². The van der Waals surface area contributed by atoms with Crippen molar-refractivity contribution in [2.24, 2.45) is 4.99 Å². The van der Waals surface area contributed by atoms with Crippen molar-refractivity contribution in [3.8, 4) is 0 Å². The molecule has 0 atom stereocenters. The fourth-order valence-corrected chi connectivity index (χ4v) is 3.22. The Bertz CT molecular complexity index is 843. The van der Waals surface area contributed by atoms with Crippen LogP contribution >= 0.6 is 23.4 Å². The van der Waals surface area contributed by atoms with E-state index in [-0.39, 0.29) is 5.91 Å². The molecule has 1 fully saturated rings. The molecule has 116 valence electrons. The monoisotopic (exact) mass is 342 g/mol. The average molecular weight is 343 g/mol. The third kappa shape index (κ3) is 3.66.